The first-order chi connectivity index (χ1) is 8.62. The number of rotatable bonds is 3. The molecular weight excluding hydrogens is 271 g/mol. The number of benzene rings is 1. The van der Waals surface area contributed by atoms with Crippen LogP contribution in [-0.2, 0) is 12.8 Å². The average molecular weight is 285 g/mol. The maximum atomic E-state index is 13.1. The van der Waals surface area contributed by atoms with Crippen molar-refractivity contribution >= 4 is 34.7 Å². The predicted molar refractivity (Wildman–Crippen MR) is 75.0 cm³/mol. The fourth-order valence-corrected chi connectivity index (χ4v) is 3.04. The molecule has 2 aromatic rings. The first-order valence-corrected chi connectivity index (χ1v) is 6.99. The number of hydrogen-bond donors (Lipinski definition) is 0. The van der Waals surface area contributed by atoms with Crippen LogP contribution in [0, 0.1) is 6.92 Å². The first kappa shape index (κ1) is 13.6. The number of halogens is 2. The lowest BCUT2D eigenvalue weighted by molar-refractivity contribution is 0.920. The summed E-state index contributed by atoms with van der Waals surface area (Å²) in [5.41, 5.74) is 2.94. The van der Waals surface area contributed by atoms with Crippen LogP contribution in [0.2, 0.25) is 5.15 Å². The van der Waals surface area contributed by atoms with Gasteiger partial charge < -0.3 is 0 Å². The lowest BCUT2D eigenvalue weighted by Gasteiger charge is -2.13. The maximum Gasteiger partial charge on any atom is 0.140 e. The summed E-state index contributed by atoms with van der Waals surface area (Å²) < 4.78 is 13.1. The van der Waals surface area contributed by atoms with E-state index in [2.05, 4.69) is 9.97 Å². The predicted octanol–water partition coefficient (Wildman–Crippen LogP) is 4.69. The Bertz CT molecular complexity index is 601. The SMILES string of the molecule is CCc1c(SF)cc2c(Cl)nc(C)nc2c1CC. The lowest BCUT2D eigenvalue weighted by atomic mass is 9.99. The molecule has 0 bridgehead atoms. The minimum absolute atomic E-state index is 0.263. The van der Waals surface area contributed by atoms with E-state index in [1.54, 1.807) is 6.07 Å². The molecule has 0 saturated heterocycles. The topological polar surface area (TPSA) is 25.8 Å². The summed E-state index contributed by atoms with van der Waals surface area (Å²) in [4.78, 5) is 9.22. The van der Waals surface area contributed by atoms with Gasteiger partial charge in [0.1, 0.15) is 11.0 Å². The molecule has 1 aromatic carbocycles. The van der Waals surface area contributed by atoms with Crippen molar-refractivity contribution in [3.63, 3.8) is 0 Å². The van der Waals surface area contributed by atoms with Crippen LogP contribution in [0.25, 0.3) is 10.9 Å². The van der Waals surface area contributed by atoms with Gasteiger partial charge in [-0.2, -0.15) is 3.89 Å². The van der Waals surface area contributed by atoms with Crippen molar-refractivity contribution in [2.45, 2.75) is 38.5 Å². The summed E-state index contributed by atoms with van der Waals surface area (Å²) in [6.07, 6.45) is 1.59. The molecule has 5 heteroatoms. The van der Waals surface area contributed by atoms with Crippen molar-refractivity contribution in [1.82, 2.24) is 9.97 Å². The molecule has 0 saturated carbocycles. The summed E-state index contributed by atoms with van der Waals surface area (Å²) >= 11 is 6.40. The second-order valence-electron chi connectivity index (χ2n) is 4.07. The van der Waals surface area contributed by atoms with Crippen LogP contribution in [0.1, 0.15) is 30.8 Å². The highest BCUT2D eigenvalue weighted by atomic mass is 35.5. The van der Waals surface area contributed by atoms with Crippen LogP contribution in [0.4, 0.5) is 3.89 Å². The van der Waals surface area contributed by atoms with Crippen molar-refractivity contribution < 1.29 is 3.89 Å². The summed E-state index contributed by atoms with van der Waals surface area (Å²) in [6, 6.07) is 1.75. The van der Waals surface area contributed by atoms with E-state index >= 15 is 0 Å². The first-order valence-electron chi connectivity index (χ1n) is 5.89. The number of aryl methyl sites for hydroxylation is 2. The molecule has 0 spiro atoms. The highest BCUT2D eigenvalue weighted by molar-refractivity contribution is 7.94. The quantitative estimate of drug-likeness (QED) is 0.765. The number of aromatic nitrogens is 2. The zero-order chi connectivity index (χ0) is 13.3. The molecule has 2 nitrogen and oxygen atoms in total. The van der Waals surface area contributed by atoms with Crippen molar-refractivity contribution in [1.29, 1.82) is 0 Å². The fourth-order valence-electron chi connectivity index (χ4n) is 2.25. The third-order valence-electron chi connectivity index (χ3n) is 3.02. The lowest BCUT2D eigenvalue weighted by Crippen LogP contribution is -2.00. The molecule has 0 unspecified atom stereocenters. The van der Waals surface area contributed by atoms with E-state index in [-0.39, 0.29) is 12.1 Å². The second kappa shape index (κ2) is 5.41. The van der Waals surface area contributed by atoms with Crippen LogP contribution < -0.4 is 0 Å². The highest BCUT2D eigenvalue weighted by Gasteiger charge is 2.15. The molecule has 1 heterocycles. The normalized spacial score (nSPS) is 11.2. The summed E-state index contributed by atoms with van der Waals surface area (Å²) in [5.74, 6) is 0.643. The van der Waals surface area contributed by atoms with Gasteiger partial charge in [-0.25, -0.2) is 9.97 Å². The molecule has 0 aliphatic carbocycles. The Morgan fingerprint density at radius 1 is 1.22 bits per heavy atom. The largest absolute Gasteiger partial charge is 0.233 e. The molecule has 0 fully saturated rings. The monoisotopic (exact) mass is 284 g/mol. The Balaban J connectivity index is 2.92. The van der Waals surface area contributed by atoms with Gasteiger partial charge in [0.2, 0.25) is 0 Å². The van der Waals surface area contributed by atoms with Crippen LogP contribution in [-0.4, -0.2) is 9.97 Å². The van der Waals surface area contributed by atoms with Crippen LogP contribution in [0.3, 0.4) is 0 Å². The molecule has 1 aromatic heterocycles. The third kappa shape index (κ3) is 2.19. The van der Waals surface area contributed by atoms with E-state index in [9.17, 15) is 3.89 Å². The van der Waals surface area contributed by atoms with Gasteiger partial charge in [-0.15, -0.1) is 0 Å². The van der Waals surface area contributed by atoms with Crippen molar-refractivity contribution in [2.75, 3.05) is 0 Å². The Kier molecular flexibility index (Phi) is 4.07. The van der Waals surface area contributed by atoms with Crippen LogP contribution >= 0.6 is 23.7 Å². The van der Waals surface area contributed by atoms with Gasteiger partial charge in [0, 0.05) is 10.3 Å². The number of fused-ring (bicyclic) bond motifs is 1. The Hall–Kier alpha value is -0.870. The van der Waals surface area contributed by atoms with Crippen molar-refractivity contribution in [3.8, 4) is 0 Å². The molecular formula is C13H14ClFN2S. The van der Waals surface area contributed by atoms with Gasteiger partial charge >= 0.3 is 0 Å². The van der Waals surface area contributed by atoms with E-state index < -0.39 is 0 Å². The maximum absolute atomic E-state index is 13.1. The smallest absolute Gasteiger partial charge is 0.140 e. The Morgan fingerprint density at radius 2 is 1.89 bits per heavy atom. The molecule has 0 aliphatic rings. The van der Waals surface area contributed by atoms with Crippen molar-refractivity contribution in [3.05, 3.63) is 28.2 Å². The van der Waals surface area contributed by atoms with Gasteiger partial charge in [-0.1, -0.05) is 25.4 Å². The molecule has 0 radical (unpaired) electrons. The molecule has 96 valence electrons. The minimum atomic E-state index is 0.263. The van der Waals surface area contributed by atoms with Gasteiger partial charge in [-0.05, 0) is 37.0 Å². The summed E-state index contributed by atoms with van der Waals surface area (Å²) in [7, 11) is 0. The van der Waals surface area contributed by atoms with Crippen LogP contribution in [0.15, 0.2) is 11.0 Å². The minimum Gasteiger partial charge on any atom is -0.233 e. The third-order valence-corrected chi connectivity index (χ3v) is 3.84. The molecule has 0 atom stereocenters. The van der Waals surface area contributed by atoms with E-state index in [1.165, 1.54) is 0 Å². The molecule has 0 aliphatic heterocycles. The number of nitrogens with zero attached hydrogens (tertiary/aromatic N) is 2. The van der Waals surface area contributed by atoms with Crippen LogP contribution in [0.5, 0.6) is 0 Å². The Labute approximate surface area is 115 Å². The molecule has 2 rings (SSSR count). The zero-order valence-electron chi connectivity index (χ0n) is 10.6. The van der Waals surface area contributed by atoms with Crippen molar-refractivity contribution in [2.24, 2.45) is 0 Å². The average Bonchev–Trinajstić information content (AvgIpc) is 2.36. The van der Waals surface area contributed by atoms with Gasteiger partial charge in [-0.3, -0.25) is 0 Å². The van der Waals surface area contributed by atoms with E-state index in [1.807, 2.05) is 20.8 Å². The molecule has 0 N–H and O–H groups in total. The molecule has 0 amide bonds. The molecule has 18 heavy (non-hydrogen) atoms. The fraction of sp³-hybridized carbons (Fsp3) is 0.385. The van der Waals surface area contributed by atoms with Gasteiger partial charge in [0.05, 0.1) is 17.7 Å². The van der Waals surface area contributed by atoms with E-state index in [0.29, 0.717) is 15.9 Å². The zero-order valence-corrected chi connectivity index (χ0v) is 12.1. The highest BCUT2D eigenvalue weighted by Crippen LogP contribution is 2.35. The van der Waals surface area contributed by atoms with Gasteiger partial charge in [0.15, 0.2) is 0 Å². The second-order valence-corrected chi connectivity index (χ2v) is 5.03. The Morgan fingerprint density at radius 3 is 2.44 bits per heavy atom. The van der Waals surface area contributed by atoms with E-state index in [4.69, 9.17) is 11.6 Å². The standard InChI is InChI=1S/C13H14ClFN2S/c1-4-8-9(5-2)12-10(6-11(8)18-15)13(14)17-7(3)16-12/h6H,4-5H2,1-3H3. The summed E-state index contributed by atoms with van der Waals surface area (Å²) in [6.45, 7) is 5.88. The summed E-state index contributed by atoms with van der Waals surface area (Å²) in [5, 5.41) is 1.13. The van der Waals surface area contributed by atoms with E-state index in [0.717, 1.165) is 34.9 Å². The number of hydrogen-bond acceptors (Lipinski definition) is 3. The van der Waals surface area contributed by atoms with Gasteiger partial charge in [0.25, 0.3) is 0 Å².